The van der Waals surface area contributed by atoms with E-state index in [2.05, 4.69) is 32.6 Å². The maximum atomic E-state index is 13.3. The number of benzene rings is 1. The van der Waals surface area contributed by atoms with E-state index in [0.717, 1.165) is 32.0 Å². The van der Waals surface area contributed by atoms with Crippen molar-refractivity contribution in [2.45, 2.75) is 58.6 Å². The molecule has 1 aromatic carbocycles. The topological polar surface area (TPSA) is 23.5 Å². The Balaban J connectivity index is 3.00. The minimum absolute atomic E-state index is 0.325. The highest BCUT2D eigenvalue weighted by Crippen LogP contribution is 2.30. The van der Waals surface area contributed by atoms with Gasteiger partial charge < -0.3 is 5.11 Å². The summed E-state index contributed by atoms with van der Waals surface area (Å²) in [5, 5.41) is 10.7. The summed E-state index contributed by atoms with van der Waals surface area (Å²) >= 11 is 0. The smallest absolute Gasteiger partial charge is 0.159 e. The number of halogens is 2. The maximum Gasteiger partial charge on any atom is 0.159 e. The summed E-state index contributed by atoms with van der Waals surface area (Å²) in [7, 11) is 0. The van der Waals surface area contributed by atoms with E-state index in [9.17, 15) is 13.9 Å². The van der Waals surface area contributed by atoms with Crippen LogP contribution < -0.4 is 0 Å². The van der Waals surface area contributed by atoms with Crippen LogP contribution in [0.4, 0.5) is 8.78 Å². The van der Waals surface area contributed by atoms with Crippen LogP contribution in [0.5, 0.6) is 0 Å². The number of likely N-dealkylation sites (N-methyl/N-ethyl adjacent to an activating group) is 1. The standard InChI is InChI=1S/C17H27F2NO/c1-5-17(6-2,20(7-3)8-4)16(21)12-13-9-10-14(18)15(19)11-13/h9-11,16,21H,5-8,12H2,1-4H3. The molecular weight excluding hydrogens is 272 g/mol. The Morgan fingerprint density at radius 2 is 1.62 bits per heavy atom. The Morgan fingerprint density at radius 3 is 2.05 bits per heavy atom. The van der Waals surface area contributed by atoms with Gasteiger partial charge in [0.2, 0.25) is 0 Å². The first-order chi connectivity index (χ1) is 9.94. The molecule has 0 spiro atoms. The molecule has 2 nitrogen and oxygen atoms in total. The van der Waals surface area contributed by atoms with E-state index in [-0.39, 0.29) is 5.54 Å². The van der Waals surface area contributed by atoms with Crippen molar-refractivity contribution in [2.75, 3.05) is 13.1 Å². The molecule has 120 valence electrons. The highest BCUT2D eigenvalue weighted by Gasteiger charge is 2.38. The van der Waals surface area contributed by atoms with E-state index in [0.29, 0.717) is 12.0 Å². The van der Waals surface area contributed by atoms with Gasteiger partial charge in [0.15, 0.2) is 11.6 Å². The van der Waals surface area contributed by atoms with Gasteiger partial charge in [0.05, 0.1) is 6.10 Å². The van der Waals surface area contributed by atoms with E-state index in [1.807, 2.05) is 0 Å². The van der Waals surface area contributed by atoms with Crippen molar-refractivity contribution in [3.63, 3.8) is 0 Å². The lowest BCUT2D eigenvalue weighted by atomic mass is 9.81. The molecule has 0 aliphatic carbocycles. The SMILES string of the molecule is CCN(CC)C(CC)(CC)C(O)Cc1ccc(F)c(F)c1. The van der Waals surface area contributed by atoms with Crippen molar-refractivity contribution in [1.29, 1.82) is 0 Å². The Kier molecular flexibility index (Phi) is 6.75. The molecule has 0 aliphatic rings. The Hall–Kier alpha value is -1.00. The summed E-state index contributed by atoms with van der Waals surface area (Å²) in [6.07, 6.45) is 1.35. The van der Waals surface area contributed by atoms with Crippen LogP contribution in [0.3, 0.4) is 0 Å². The molecular formula is C17H27F2NO. The number of hydrogen-bond acceptors (Lipinski definition) is 2. The summed E-state index contributed by atoms with van der Waals surface area (Å²) in [5.74, 6) is -1.71. The van der Waals surface area contributed by atoms with Crippen LogP contribution in [0.1, 0.15) is 46.1 Å². The molecule has 0 amide bonds. The summed E-state index contributed by atoms with van der Waals surface area (Å²) in [5.41, 5.74) is 0.300. The molecule has 1 N–H and O–H groups in total. The van der Waals surface area contributed by atoms with Gasteiger partial charge >= 0.3 is 0 Å². The molecule has 4 heteroatoms. The van der Waals surface area contributed by atoms with Crippen LogP contribution in [0.15, 0.2) is 18.2 Å². The molecule has 0 radical (unpaired) electrons. The highest BCUT2D eigenvalue weighted by molar-refractivity contribution is 5.19. The second-order valence-electron chi connectivity index (χ2n) is 5.45. The Morgan fingerprint density at radius 1 is 1.05 bits per heavy atom. The van der Waals surface area contributed by atoms with Crippen LogP contribution in [-0.4, -0.2) is 34.7 Å². The lowest BCUT2D eigenvalue weighted by Crippen LogP contribution is -2.56. The van der Waals surface area contributed by atoms with Crippen molar-refractivity contribution in [3.8, 4) is 0 Å². The third-order valence-electron chi connectivity index (χ3n) is 4.65. The zero-order valence-electron chi connectivity index (χ0n) is 13.5. The summed E-state index contributed by atoms with van der Waals surface area (Å²) < 4.78 is 26.3. The summed E-state index contributed by atoms with van der Waals surface area (Å²) in [6, 6.07) is 3.84. The number of rotatable bonds is 8. The van der Waals surface area contributed by atoms with Gasteiger partial charge in [-0.1, -0.05) is 33.8 Å². The van der Waals surface area contributed by atoms with Crippen LogP contribution in [0, 0.1) is 11.6 Å². The Labute approximate surface area is 126 Å². The largest absolute Gasteiger partial charge is 0.391 e. The molecule has 1 unspecified atom stereocenters. The molecule has 0 aromatic heterocycles. The third kappa shape index (κ3) is 3.80. The molecule has 0 heterocycles. The van der Waals surface area contributed by atoms with Gasteiger partial charge in [-0.2, -0.15) is 0 Å². The number of aliphatic hydroxyl groups excluding tert-OH is 1. The van der Waals surface area contributed by atoms with E-state index < -0.39 is 17.7 Å². The minimum Gasteiger partial charge on any atom is -0.391 e. The molecule has 1 rings (SSSR count). The van der Waals surface area contributed by atoms with Crippen molar-refractivity contribution in [2.24, 2.45) is 0 Å². The molecule has 1 aromatic rings. The summed E-state index contributed by atoms with van der Waals surface area (Å²) in [6.45, 7) is 9.99. The molecule has 0 saturated carbocycles. The van der Waals surface area contributed by atoms with E-state index >= 15 is 0 Å². The lowest BCUT2D eigenvalue weighted by molar-refractivity contribution is -0.0341. The second kappa shape index (κ2) is 7.85. The fourth-order valence-corrected chi connectivity index (χ4v) is 3.31. The van der Waals surface area contributed by atoms with Crippen LogP contribution in [0.25, 0.3) is 0 Å². The fourth-order valence-electron chi connectivity index (χ4n) is 3.31. The normalized spacial score (nSPS) is 13.7. The highest BCUT2D eigenvalue weighted by atomic mass is 19.2. The average Bonchev–Trinajstić information content (AvgIpc) is 2.48. The van der Waals surface area contributed by atoms with Crippen molar-refractivity contribution in [1.82, 2.24) is 4.90 Å². The van der Waals surface area contributed by atoms with Crippen LogP contribution >= 0.6 is 0 Å². The quantitative estimate of drug-likeness (QED) is 0.790. The predicted molar refractivity (Wildman–Crippen MR) is 82.3 cm³/mol. The number of nitrogens with zero attached hydrogens (tertiary/aromatic N) is 1. The molecule has 21 heavy (non-hydrogen) atoms. The minimum atomic E-state index is -0.860. The van der Waals surface area contributed by atoms with E-state index in [1.54, 1.807) is 6.07 Å². The maximum absolute atomic E-state index is 13.3. The molecule has 0 bridgehead atoms. The molecule has 0 fully saturated rings. The first-order valence-electron chi connectivity index (χ1n) is 7.82. The van der Waals surface area contributed by atoms with Crippen LogP contribution in [-0.2, 0) is 6.42 Å². The monoisotopic (exact) mass is 299 g/mol. The molecule has 0 aliphatic heterocycles. The first kappa shape index (κ1) is 18.1. The van der Waals surface area contributed by atoms with E-state index in [4.69, 9.17) is 0 Å². The molecule has 0 saturated heterocycles. The van der Waals surface area contributed by atoms with Gasteiger partial charge in [0, 0.05) is 12.0 Å². The van der Waals surface area contributed by atoms with Crippen LogP contribution in [0.2, 0.25) is 0 Å². The van der Waals surface area contributed by atoms with Gasteiger partial charge in [-0.25, -0.2) is 8.78 Å². The van der Waals surface area contributed by atoms with Gasteiger partial charge in [-0.05, 0) is 43.6 Å². The summed E-state index contributed by atoms with van der Waals surface area (Å²) in [4.78, 5) is 2.26. The predicted octanol–water partition coefficient (Wildman–Crippen LogP) is 3.77. The Bertz CT molecular complexity index is 442. The van der Waals surface area contributed by atoms with Crippen molar-refractivity contribution in [3.05, 3.63) is 35.4 Å². The zero-order chi connectivity index (χ0) is 16.0. The van der Waals surface area contributed by atoms with Gasteiger partial charge in [0.1, 0.15) is 0 Å². The zero-order valence-corrected chi connectivity index (χ0v) is 13.5. The van der Waals surface area contributed by atoms with Gasteiger partial charge in [-0.15, -0.1) is 0 Å². The lowest BCUT2D eigenvalue weighted by Gasteiger charge is -2.46. The van der Waals surface area contributed by atoms with Gasteiger partial charge in [0.25, 0.3) is 0 Å². The van der Waals surface area contributed by atoms with E-state index in [1.165, 1.54) is 6.07 Å². The van der Waals surface area contributed by atoms with Crippen molar-refractivity contribution >= 4 is 0 Å². The third-order valence-corrected chi connectivity index (χ3v) is 4.65. The second-order valence-corrected chi connectivity index (χ2v) is 5.45. The molecule has 1 atom stereocenters. The number of hydrogen-bond donors (Lipinski definition) is 1. The average molecular weight is 299 g/mol. The van der Waals surface area contributed by atoms with Gasteiger partial charge in [-0.3, -0.25) is 4.90 Å². The van der Waals surface area contributed by atoms with Crippen molar-refractivity contribution < 1.29 is 13.9 Å². The fraction of sp³-hybridized carbons (Fsp3) is 0.647. The number of aliphatic hydroxyl groups is 1. The first-order valence-corrected chi connectivity index (χ1v) is 7.82.